The first-order valence-corrected chi connectivity index (χ1v) is 7.28. The van der Waals surface area contributed by atoms with E-state index in [2.05, 4.69) is 35.3 Å². The summed E-state index contributed by atoms with van der Waals surface area (Å²) in [6.45, 7) is 8.01. The van der Waals surface area contributed by atoms with E-state index >= 15 is 0 Å². The second-order valence-electron chi connectivity index (χ2n) is 5.79. The molecular formula is C15H22Cl2N2. The summed E-state index contributed by atoms with van der Waals surface area (Å²) < 4.78 is 0. The molecule has 4 heteroatoms. The lowest BCUT2D eigenvalue weighted by Crippen LogP contribution is -2.39. The van der Waals surface area contributed by atoms with E-state index < -0.39 is 0 Å². The minimum Gasteiger partial charge on any atom is -0.316 e. The van der Waals surface area contributed by atoms with Crippen molar-refractivity contribution in [3.63, 3.8) is 0 Å². The third-order valence-electron chi connectivity index (χ3n) is 4.43. The fourth-order valence-electron chi connectivity index (χ4n) is 3.25. The monoisotopic (exact) mass is 300 g/mol. The Labute approximate surface area is 126 Å². The van der Waals surface area contributed by atoms with E-state index in [1.807, 2.05) is 0 Å². The Hall–Kier alpha value is -0.280. The second-order valence-corrected chi connectivity index (χ2v) is 6.19. The molecule has 0 amide bonds. The number of halogens is 2. The number of hydrogen-bond donors (Lipinski definition) is 1. The third kappa shape index (κ3) is 3.43. The average molecular weight is 301 g/mol. The van der Waals surface area contributed by atoms with E-state index in [4.69, 9.17) is 11.6 Å². The van der Waals surface area contributed by atoms with Crippen LogP contribution in [0.3, 0.4) is 0 Å². The summed E-state index contributed by atoms with van der Waals surface area (Å²) in [5.41, 5.74) is 2.51. The summed E-state index contributed by atoms with van der Waals surface area (Å²) >= 11 is 6.19. The highest BCUT2D eigenvalue weighted by Gasteiger charge is 2.32. The van der Waals surface area contributed by atoms with Crippen LogP contribution in [0.4, 0.5) is 0 Å². The maximum Gasteiger partial charge on any atom is 0.0438 e. The predicted molar refractivity (Wildman–Crippen MR) is 83.2 cm³/mol. The van der Waals surface area contributed by atoms with Gasteiger partial charge in [-0.05, 0) is 62.0 Å². The molecule has 0 aliphatic carbocycles. The van der Waals surface area contributed by atoms with Crippen molar-refractivity contribution >= 4 is 24.0 Å². The van der Waals surface area contributed by atoms with Crippen LogP contribution in [0.25, 0.3) is 0 Å². The third-order valence-corrected chi connectivity index (χ3v) is 4.84. The molecule has 2 heterocycles. The van der Waals surface area contributed by atoms with Gasteiger partial charge in [-0.1, -0.05) is 23.7 Å². The maximum atomic E-state index is 6.19. The van der Waals surface area contributed by atoms with Gasteiger partial charge in [-0.3, -0.25) is 4.90 Å². The lowest BCUT2D eigenvalue weighted by Gasteiger charge is -2.34. The summed E-state index contributed by atoms with van der Waals surface area (Å²) in [6, 6.07) is 6.46. The van der Waals surface area contributed by atoms with Crippen LogP contribution in [0, 0.1) is 18.8 Å². The molecule has 0 bridgehead atoms. The molecule has 0 radical (unpaired) electrons. The van der Waals surface area contributed by atoms with E-state index in [0.29, 0.717) is 0 Å². The Kier molecular flexibility index (Phi) is 5.13. The molecule has 1 aromatic carbocycles. The van der Waals surface area contributed by atoms with Gasteiger partial charge in [0.15, 0.2) is 0 Å². The van der Waals surface area contributed by atoms with Crippen LogP contribution in [0.2, 0.25) is 5.02 Å². The molecule has 2 aliphatic heterocycles. The van der Waals surface area contributed by atoms with Crippen LogP contribution in [-0.2, 0) is 6.54 Å². The quantitative estimate of drug-likeness (QED) is 0.903. The molecule has 1 aromatic rings. The largest absolute Gasteiger partial charge is 0.316 e. The van der Waals surface area contributed by atoms with Gasteiger partial charge in [0.2, 0.25) is 0 Å². The number of nitrogens with zero attached hydrogens (tertiary/aromatic N) is 1. The summed E-state index contributed by atoms with van der Waals surface area (Å²) in [4.78, 5) is 2.58. The van der Waals surface area contributed by atoms with Gasteiger partial charge in [-0.15, -0.1) is 12.4 Å². The first kappa shape index (κ1) is 15.1. The molecule has 2 saturated heterocycles. The van der Waals surface area contributed by atoms with Crippen molar-refractivity contribution in [2.24, 2.45) is 11.8 Å². The number of nitrogens with one attached hydrogen (secondary N) is 1. The fraction of sp³-hybridized carbons (Fsp3) is 0.600. The van der Waals surface area contributed by atoms with Crippen molar-refractivity contribution in [2.75, 3.05) is 26.2 Å². The Balaban J connectivity index is 0.00000133. The number of fused-ring (bicyclic) bond motifs is 1. The van der Waals surface area contributed by atoms with Gasteiger partial charge in [0.1, 0.15) is 0 Å². The van der Waals surface area contributed by atoms with Crippen LogP contribution in [0.15, 0.2) is 18.2 Å². The van der Waals surface area contributed by atoms with Gasteiger partial charge >= 0.3 is 0 Å². The Bertz CT molecular complexity index is 436. The standard InChI is InChI=1S/C15H21ClN2.ClH/c1-11-2-3-12(6-15(11)16)9-18-5-4-13-7-17-8-14(13)10-18;/h2-3,6,13-14,17H,4-5,7-10H2,1H3;1H. The van der Waals surface area contributed by atoms with E-state index in [1.165, 1.54) is 43.7 Å². The molecule has 1 N–H and O–H groups in total. The van der Waals surface area contributed by atoms with Gasteiger partial charge in [0.25, 0.3) is 0 Å². The van der Waals surface area contributed by atoms with E-state index in [9.17, 15) is 0 Å². The molecule has 2 atom stereocenters. The van der Waals surface area contributed by atoms with Crippen LogP contribution in [0.1, 0.15) is 17.5 Å². The summed E-state index contributed by atoms with van der Waals surface area (Å²) in [6.07, 6.45) is 1.34. The molecule has 0 aromatic heterocycles. The van der Waals surface area contributed by atoms with Gasteiger partial charge in [-0.2, -0.15) is 0 Å². The molecule has 19 heavy (non-hydrogen) atoms. The summed E-state index contributed by atoms with van der Waals surface area (Å²) in [5.74, 6) is 1.78. The Morgan fingerprint density at radius 3 is 2.89 bits per heavy atom. The van der Waals surface area contributed by atoms with E-state index in [0.717, 1.165) is 23.4 Å². The van der Waals surface area contributed by atoms with Gasteiger partial charge in [0.05, 0.1) is 0 Å². The highest BCUT2D eigenvalue weighted by atomic mass is 35.5. The molecule has 2 unspecified atom stereocenters. The summed E-state index contributed by atoms with van der Waals surface area (Å²) in [5, 5.41) is 4.41. The van der Waals surface area contributed by atoms with Crippen molar-refractivity contribution in [3.05, 3.63) is 34.3 Å². The number of aryl methyl sites for hydroxylation is 1. The highest BCUT2D eigenvalue weighted by molar-refractivity contribution is 6.31. The number of likely N-dealkylation sites (tertiary alicyclic amines) is 1. The number of rotatable bonds is 2. The van der Waals surface area contributed by atoms with Gasteiger partial charge in [-0.25, -0.2) is 0 Å². The van der Waals surface area contributed by atoms with Crippen LogP contribution in [0.5, 0.6) is 0 Å². The molecule has 2 fully saturated rings. The smallest absolute Gasteiger partial charge is 0.0438 e. The van der Waals surface area contributed by atoms with Crippen LogP contribution < -0.4 is 5.32 Å². The van der Waals surface area contributed by atoms with Crippen LogP contribution >= 0.6 is 24.0 Å². The zero-order valence-corrected chi connectivity index (χ0v) is 12.9. The number of benzene rings is 1. The molecule has 2 nitrogen and oxygen atoms in total. The Morgan fingerprint density at radius 2 is 2.11 bits per heavy atom. The molecular weight excluding hydrogens is 279 g/mol. The number of piperidine rings is 1. The maximum absolute atomic E-state index is 6.19. The van der Waals surface area contributed by atoms with Gasteiger partial charge in [0, 0.05) is 18.1 Å². The van der Waals surface area contributed by atoms with E-state index in [-0.39, 0.29) is 12.4 Å². The highest BCUT2D eigenvalue weighted by Crippen LogP contribution is 2.27. The lowest BCUT2D eigenvalue weighted by molar-refractivity contribution is 0.142. The second kappa shape index (κ2) is 6.45. The SMILES string of the molecule is Cc1ccc(CN2CCC3CNCC3C2)cc1Cl.Cl. The average Bonchev–Trinajstić information content (AvgIpc) is 2.81. The van der Waals surface area contributed by atoms with Crippen molar-refractivity contribution in [1.29, 1.82) is 0 Å². The normalized spacial score (nSPS) is 26.8. The van der Waals surface area contributed by atoms with Crippen molar-refractivity contribution in [3.8, 4) is 0 Å². The summed E-state index contributed by atoms with van der Waals surface area (Å²) in [7, 11) is 0. The molecule has 3 rings (SSSR count). The molecule has 0 spiro atoms. The molecule has 2 aliphatic rings. The zero-order valence-electron chi connectivity index (χ0n) is 11.4. The zero-order chi connectivity index (χ0) is 12.5. The lowest BCUT2D eigenvalue weighted by atomic mass is 9.88. The first-order chi connectivity index (χ1) is 8.72. The Morgan fingerprint density at radius 1 is 1.32 bits per heavy atom. The van der Waals surface area contributed by atoms with Crippen molar-refractivity contribution in [1.82, 2.24) is 10.2 Å². The van der Waals surface area contributed by atoms with Crippen molar-refractivity contribution in [2.45, 2.75) is 19.9 Å². The van der Waals surface area contributed by atoms with Crippen molar-refractivity contribution < 1.29 is 0 Å². The number of hydrogen-bond acceptors (Lipinski definition) is 2. The predicted octanol–water partition coefficient (Wildman–Crippen LogP) is 3.11. The minimum absolute atomic E-state index is 0. The first-order valence-electron chi connectivity index (χ1n) is 6.90. The molecule has 106 valence electrons. The van der Waals surface area contributed by atoms with Crippen LogP contribution in [-0.4, -0.2) is 31.1 Å². The topological polar surface area (TPSA) is 15.3 Å². The van der Waals surface area contributed by atoms with Gasteiger partial charge < -0.3 is 5.32 Å². The van der Waals surface area contributed by atoms with E-state index in [1.54, 1.807) is 0 Å². The molecule has 0 saturated carbocycles. The fourth-order valence-corrected chi connectivity index (χ4v) is 3.45. The minimum atomic E-state index is 0.